The topological polar surface area (TPSA) is 73.9 Å². The van der Waals surface area contributed by atoms with Gasteiger partial charge in [-0.15, -0.1) is 6.54 Å². The molecule has 0 amide bonds. The Morgan fingerprint density at radius 1 is 0.867 bits per heavy atom. The van der Waals surface area contributed by atoms with E-state index in [1.54, 1.807) is 0 Å². The van der Waals surface area contributed by atoms with E-state index in [1.165, 1.54) is 12.8 Å². The number of rotatable bonds is 11. The molecular formula is C10H26BaN4. The second kappa shape index (κ2) is 17.8. The van der Waals surface area contributed by atoms with E-state index >= 15 is 0 Å². The van der Waals surface area contributed by atoms with E-state index in [4.69, 9.17) is 11.5 Å². The molecular weight excluding hydrogens is 313 g/mol. The third-order valence-electron chi connectivity index (χ3n) is 2.05. The molecule has 0 aromatic heterocycles. The standard InChI is InChI=1S/C10H25N4.Ba.H/c11-5-3-9-13-7-1-2-8-14-10-4-6-12;;/h11,13-14H,1-10,12H2;;/q-1;+2;-1. The molecule has 0 radical (unpaired) electrons. The molecule has 5 N–H and O–H groups in total. The van der Waals surface area contributed by atoms with Gasteiger partial charge in [0.2, 0.25) is 0 Å². The molecule has 0 aromatic rings. The summed E-state index contributed by atoms with van der Waals surface area (Å²) < 4.78 is 0. The van der Waals surface area contributed by atoms with Crippen LogP contribution >= 0.6 is 0 Å². The number of hydrogen-bond donors (Lipinski definition) is 3. The van der Waals surface area contributed by atoms with E-state index in [0.717, 1.165) is 45.6 Å². The molecule has 0 bridgehead atoms. The van der Waals surface area contributed by atoms with Gasteiger partial charge in [-0.25, -0.2) is 0 Å². The molecule has 0 rings (SSSR count). The van der Waals surface area contributed by atoms with Crippen LogP contribution in [0, 0.1) is 0 Å². The van der Waals surface area contributed by atoms with E-state index in [2.05, 4.69) is 10.6 Å². The fourth-order valence-electron chi connectivity index (χ4n) is 1.19. The van der Waals surface area contributed by atoms with Crippen LogP contribution in [-0.2, 0) is 0 Å². The maximum Gasteiger partial charge on any atom is 2.00 e. The summed E-state index contributed by atoms with van der Waals surface area (Å²) in [5.74, 6) is 0. The summed E-state index contributed by atoms with van der Waals surface area (Å²) in [6.07, 6.45) is 4.47. The molecule has 0 fully saturated rings. The van der Waals surface area contributed by atoms with Crippen LogP contribution in [0.4, 0.5) is 0 Å². The summed E-state index contributed by atoms with van der Waals surface area (Å²) in [5.41, 5.74) is 12.3. The van der Waals surface area contributed by atoms with E-state index in [9.17, 15) is 0 Å². The SMILES string of the molecule is [Ba+2].[H-].[NH-]CCCNCCCCNCCCN. The normalized spacial score (nSPS) is 10.0. The molecule has 4 nitrogen and oxygen atoms in total. The first-order chi connectivity index (χ1) is 6.91. The minimum atomic E-state index is 0. The third kappa shape index (κ3) is 18.0. The van der Waals surface area contributed by atoms with Gasteiger partial charge in [-0.2, -0.15) is 0 Å². The van der Waals surface area contributed by atoms with Crippen LogP contribution in [0.2, 0.25) is 0 Å². The van der Waals surface area contributed by atoms with Crippen molar-refractivity contribution in [2.24, 2.45) is 5.73 Å². The maximum absolute atomic E-state index is 6.95. The van der Waals surface area contributed by atoms with Crippen LogP contribution in [0.3, 0.4) is 0 Å². The van der Waals surface area contributed by atoms with Crippen molar-refractivity contribution in [3.63, 3.8) is 0 Å². The second-order valence-electron chi connectivity index (χ2n) is 3.45. The molecule has 0 aliphatic rings. The van der Waals surface area contributed by atoms with Crippen molar-refractivity contribution in [2.45, 2.75) is 25.7 Å². The smallest absolute Gasteiger partial charge is 1.00 e. The monoisotopic (exact) mass is 340 g/mol. The van der Waals surface area contributed by atoms with E-state index in [-0.39, 0.29) is 50.3 Å². The van der Waals surface area contributed by atoms with Gasteiger partial charge in [-0.1, -0.05) is 6.42 Å². The number of unbranched alkanes of at least 4 members (excludes halogenated alkanes) is 1. The van der Waals surface area contributed by atoms with E-state index in [1.807, 2.05) is 0 Å². The molecule has 0 saturated carbocycles. The summed E-state index contributed by atoms with van der Waals surface area (Å²) in [7, 11) is 0. The van der Waals surface area contributed by atoms with Gasteiger partial charge in [-0.3, -0.25) is 0 Å². The van der Waals surface area contributed by atoms with Gasteiger partial charge in [0.15, 0.2) is 0 Å². The minimum absolute atomic E-state index is 0. The molecule has 88 valence electrons. The Morgan fingerprint density at radius 3 is 1.80 bits per heavy atom. The number of nitrogens with two attached hydrogens (primary N) is 1. The van der Waals surface area contributed by atoms with Crippen LogP contribution in [-0.4, -0.2) is 88.1 Å². The molecule has 0 saturated heterocycles. The van der Waals surface area contributed by atoms with E-state index in [0.29, 0.717) is 6.54 Å². The van der Waals surface area contributed by atoms with Gasteiger partial charge in [0, 0.05) is 0 Å². The Bertz CT molecular complexity index is 96.8. The molecule has 0 atom stereocenters. The van der Waals surface area contributed by atoms with Crippen molar-refractivity contribution >= 4 is 48.9 Å². The van der Waals surface area contributed by atoms with E-state index < -0.39 is 0 Å². The van der Waals surface area contributed by atoms with Gasteiger partial charge >= 0.3 is 48.9 Å². The average Bonchev–Trinajstić information content (AvgIpc) is 2.21. The first-order valence-electron chi connectivity index (χ1n) is 5.68. The average molecular weight is 340 g/mol. The van der Waals surface area contributed by atoms with Crippen LogP contribution < -0.4 is 16.4 Å². The first kappa shape index (κ1) is 18.8. The Labute approximate surface area is 136 Å². The van der Waals surface area contributed by atoms with Crippen molar-refractivity contribution in [2.75, 3.05) is 39.3 Å². The zero-order chi connectivity index (χ0) is 10.5. The molecule has 15 heavy (non-hydrogen) atoms. The molecule has 0 aliphatic carbocycles. The number of hydrogen-bond acceptors (Lipinski definition) is 3. The Kier molecular flexibility index (Phi) is 22.3. The zero-order valence-corrected chi connectivity index (χ0v) is 14.3. The van der Waals surface area contributed by atoms with Gasteiger partial charge in [0.05, 0.1) is 0 Å². The Balaban J connectivity index is -0.000000845. The maximum atomic E-state index is 6.95. The van der Waals surface area contributed by atoms with Crippen molar-refractivity contribution in [1.29, 1.82) is 0 Å². The quantitative estimate of drug-likeness (QED) is 0.378. The van der Waals surface area contributed by atoms with Crippen molar-refractivity contribution < 1.29 is 1.43 Å². The van der Waals surface area contributed by atoms with Gasteiger partial charge in [-0.05, 0) is 52.0 Å². The van der Waals surface area contributed by atoms with Crippen LogP contribution in [0.25, 0.3) is 5.73 Å². The first-order valence-corrected chi connectivity index (χ1v) is 5.68. The van der Waals surface area contributed by atoms with Crippen LogP contribution in [0.5, 0.6) is 0 Å². The van der Waals surface area contributed by atoms with Gasteiger partial charge in [0.25, 0.3) is 0 Å². The van der Waals surface area contributed by atoms with Gasteiger partial charge < -0.3 is 23.5 Å². The predicted molar refractivity (Wildman–Crippen MR) is 69.3 cm³/mol. The minimum Gasteiger partial charge on any atom is -1.00 e. The number of nitrogens with one attached hydrogen (secondary N) is 3. The van der Waals surface area contributed by atoms with Crippen molar-refractivity contribution in [1.82, 2.24) is 10.6 Å². The van der Waals surface area contributed by atoms with Crippen molar-refractivity contribution in [3.05, 3.63) is 5.73 Å². The molecule has 0 aromatic carbocycles. The molecule has 0 spiro atoms. The molecule has 0 heterocycles. The largest absolute Gasteiger partial charge is 2.00 e. The molecule has 5 heteroatoms. The third-order valence-corrected chi connectivity index (χ3v) is 2.05. The summed E-state index contributed by atoms with van der Waals surface area (Å²) in [6, 6.07) is 0. The fourth-order valence-corrected chi connectivity index (χ4v) is 1.19. The summed E-state index contributed by atoms with van der Waals surface area (Å²) in [5, 5.41) is 6.67. The second-order valence-corrected chi connectivity index (χ2v) is 3.45. The zero-order valence-electron chi connectivity index (χ0n) is 10.9. The molecule has 0 unspecified atom stereocenters. The van der Waals surface area contributed by atoms with Crippen molar-refractivity contribution in [3.8, 4) is 0 Å². The molecule has 0 aliphatic heterocycles. The summed E-state index contributed by atoms with van der Waals surface area (Å²) in [6.45, 7) is 5.53. The van der Waals surface area contributed by atoms with Crippen LogP contribution in [0.15, 0.2) is 0 Å². The van der Waals surface area contributed by atoms with Crippen LogP contribution in [0.1, 0.15) is 27.1 Å². The Hall–Kier alpha value is 1.41. The fraction of sp³-hybridized carbons (Fsp3) is 1.00. The van der Waals surface area contributed by atoms with Gasteiger partial charge in [0.1, 0.15) is 0 Å². The predicted octanol–water partition coefficient (Wildman–Crippen LogP) is 0.469. The Morgan fingerprint density at radius 2 is 1.33 bits per heavy atom. The summed E-state index contributed by atoms with van der Waals surface area (Å²) in [4.78, 5) is 0. The summed E-state index contributed by atoms with van der Waals surface area (Å²) >= 11 is 0.